The molecule has 1 fully saturated rings. The Hall–Kier alpha value is -2.27. The highest BCUT2D eigenvalue weighted by Crippen LogP contribution is 2.21. The zero-order valence-corrected chi connectivity index (χ0v) is 15.5. The van der Waals surface area contributed by atoms with Gasteiger partial charge in [0.1, 0.15) is 5.75 Å². The highest BCUT2D eigenvalue weighted by molar-refractivity contribution is 7.80. The topological polar surface area (TPSA) is 41.7 Å². The Labute approximate surface area is 155 Å². The van der Waals surface area contributed by atoms with Crippen molar-refractivity contribution < 1.29 is 4.74 Å². The molecular formula is C20H25N3OS. The number of nitrogens with two attached hydrogens (primary N) is 1. The second kappa shape index (κ2) is 8.21. The van der Waals surface area contributed by atoms with Crippen molar-refractivity contribution in [3.63, 3.8) is 0 Å². The Morgan fingerprint density at radius 1 is 1.00 bits per heavy atom. The molecule has 0 bridgehead atoms. The van der Waals surface area contributed by atoms with Crippen LogP contribution in [0.1, 0.15) is 24.0 Å². The van der Waals surface area contributed by atoms with Gasteiger partial charge < -0.3 is 20.3 Å². The minimum absolute atomic E-state index is 0.416. The van der Waals surface area contributed by atoms with Gasteiger partial charge in [0.25, 0.3) is 0 Å². The van der Waals surface area contributed by atoms with Crippen LogP contribution in [0.15, 0.2) is 48.5 Å². The molecule has 2 N–H and O–H groups in total. The highest BCUT2D eigenvalue weighted by atomic mass is 32.1. The molecule has 1 saturated heterocycles. The van der Waals surface area contributed by atoms with E-state index in [1.807, 2.05) is 29.2 Å². The van der Waals surface area contributed by atoms with E-state index in [-0.39, 0.29) is 0 Å². The Morgan fingerprint density at radius 3 is 2.00 bits per heavy atom. The smallest absolute Gasteiger partial charge is 0.166 e. The highest BCUT2D eigenvalue weighted by Gasteiger charge is 2.13. The van der Waals surface area contributed by atoms with E-state index in [9.17, 15) is 0 Å². The second-order valence-corrected chi connectivity index (χ2v) is 6.82. The Bertz CT molecular complexity index is 694. The van der Waals surface area contributed by atoms with Gasteiger partial charge in [0.2, 0.25) is 0 Å². The number of nitrogens with zero attached hydrogens (tertiary/aromatic N) is 2. The first-order valence-electron chi connectivity index (χ1n) is 8.67. The molecule has 0 spiro atoms. The fourth-order valence-electron chi connectivity index (χ4n) is 3.17. The molecule has 1 aliphatic rings. The van der Waals surface area contributed by atoms with Gasteiger partial charge in [0.15, 0.2) is 5.11 Å². The predicted octanol–water partition coefficient (Wildman–Crippen LogP) is 3.54. The van der Waals surface area contributed by atoms with Gasteiger partial charge in [-0.1, -0.05) is 24.3 Å². The number of rotatable bonds is 6. The van der Waals surface area contributed by atoms with E-state index in [1.54, 1.807) is 7.11 Å². The monoisotopic (exact) mass is 355 g/mol. The van der Waals surface area contributed by atoms with Gasteiger partial charge in [-0.05, 0) is 60.5 Å². The molecule has 25 heavy (non-hydrogen) atoms. The fraction of sp³-hybridized carbons (Fsp3) is 0.350. The summed E-state index contributed by atoms with van der Waals surface area (Å²) in [6, 6.07) is 16.7. The maximum absolute atomic E-state index is 5.94. The van der Waals surface area contributed by atoms with Crippen LogP contribution >= 0.6 is 12.2 Å². The predicted molar refractivity (Wildman–Crippen MR) is 107 cm³/mol. The van der Waals surface area contributed by atoms with E-state index in [0.717, 1.165) is 24.4 Å². The van der Waals surface area contributed by atoms with Crippen LogP contribution in [0.3, 0.4) is 0 Å². The van der Waals surface area contributed by atoms with E-state index in [0.29, 0.717) is 18.2 Å². The van der Waals surface area contributed by atoms with E-state index >= 15 is 0 Å². The minimum atomic E-state index is 0.416. The average Bonchev–Trinajstić information content (AvgIpc) is 3.17. The number of thiocarbonyl (C=S) groups is 1. The number of hydrogen-bond donors (Lipinski definition) is 1. The fourth-order valence-corrected chi connectivity index (χ4v) is 3.30. The number of benzene rings is 2. The SMILES string of the molecule is COc1ccc(CN(Cc2ccc(N3CCCC3)cc2)C(N)=S)cc1. The maximum Gasteiger partial charge on any atom is 0.166 e. The third-order valence-electron chi connectivity index (χ3n) is 4.63. The molecule has 1 heterocycles. The molecule has 1 aliphatic heterocycles. The van der Waals surface area contributed by atoms with Crippen molar-refractivity contribution in [2.45, 2.75) is 25.9 Å². The summed E-state index contributed by atoms with van der Waals surface area (Å²) in [5.41, 5.74) is 9.61. The van der Waals surface area contributed by atoms with Crippen LogP contribution in [-0.2, 0) is 13.1 Å². The lowest BCUT2D eigenvalue weighted by molar-refractivity contribution is 0.405. The molecule has 0 amide bonds. The van der Waals surface area contributed by atoms with Gasteiger partial charge in [-0.2, -0.15) is 0 Å². The van der Waals surface area contributed by atoms with Crippen molar-refractivity contribution >= 4 is 23.0 Å². The van der Waals surface area contributed by atoms with E-state index in [4.69, 9.17) is 22.7 Å². The third-order valence-corrected chi connectivity index (χ3v) is 4.88. The van der Waals surface area contributed by atoms with Gasteiger partial charge in [-0.3, -0.25) is 0 Å². The summed E-state index contributed by atoms with van der Waals surface area (Å²) in [4.78, 5) is 4.45. The van der Waals surface area contributed by atoms with Crippen molar-refractivity contribution in [2.24, 2.45) is 5.73 Å². The molecule has 4 nitrogen and oxygen atoms in total. The normalized spacial score (nSPS) is 13.7. The average molecular weight is 356 g/mol. The van der Waals surface area contributed by atoms with E-state index in [1.165, 1.54) is 24.1 Å². The first-order chi connectivity index (χ1) is 12.2. The van der Waals surface area contributed by atoms with Crippen LogP contribution in [0.2, 0.25) is 0 Å². The molecule has 2 aromatic rings. The lowest BCUT2D eigenvalue weighted by Gasteiger charge is -2.24. The standard InChI is InChI=1S/C20H25N3OS/c1-24-19-10-6-17(7-11-19)15-23(20(21)25)14-16-4-8-18(9-5-16)22-12-2-3-13-22/h4-11H,2-3,12-15H2,1H3,(H2,21,25). The van der Waals surface area contributed by atoms with Gasteiger partial charge in [0, 0.05) is 31.9 Å². The van der Waals surface area contributed by atoms with Gasteiger partial charge in [0.05, 0.1) is 7.11 Å². The van der Waals surface area contributed by atoms with Crippen LogP contribution in [0.4, 0.5) is 5.69 Å². The maximum atomic E-state index is 5.94. The molecule has 132 valence electrons. The van der Waals surface area contributed by atoms with E-state index in [2.05, 4.69) is 29.2 Å². The molecule has 0 atom stereocenters. The minimum Gasteiger partial charge on any atom is -0.497 e. The van der Waals surface area contributed by atoms with Gasteiger partial charge in [-0.15, -0.1) is 0 Å². The lowest BCUT2D eigenvalue weighted by Crippen LogP contribution is -2.34. The van der Waals surface area contributed by atoms with Crippen molar-refractivity contribution in [1.82, 2.24) is 4.90 Å². The number of ether oxygens (including phenoxy) is 1. The summed E-state index contributed by atoms with van der Waals surface area (Å²) in [5.74, 6) is 0.850. The molecule has 0 saturated carbocycles. The summed E-state index contributed by atoms with van der Waals surface area (Å²) in [7, 11) is 1.67. The molecule has 0 radical (unpaired) electrons. The van der Waals surface area contributed by atoms with Crippen molar-refractivity contribution in [1.29, 1.82) is 0 Å². The number of hydrogen-bond acceptors (Lipinski definition) is 3. The molecule has 0 aliphatic carbocycles. The number of methoxy groups -OCH3 is 1. The van der Waals surface area contributed by atoms with Crippen LogP contribution in [0.5, 0.6) is 5.75 Å². The Kier molecular flexibility index (Phi) is 5.76. The molecule has 0 aromatic heterocycles. The second-order valence-electron chi connectivity index (χ2n) is 6.40. The van der Waals surface area contributed by atoms with Gasteiger partial charge >= 0.3 is 0 Å². The molecular weight excluding hydrogens is 330 g/mol. The van der Waals surface area contributed by atoms with E-state index < -0.39 is 0 Å². The zero-order valence-electron chi connectivity index (χ0n) is 14.6. The van der Waals surface area contributed by atoms with Crippen LogP contribution < -0.4 is 15.4 Å². The first kappa shape index (κ1) is 17.5. The summed E-state index contributed by atoms with van der Waals surface area (Å²) >= 11 is 5.25. The van der Waals surface area contributed by atoms with Crippen LogP contribution in [0, 0.1) is 0 Å². The molecule has 3 rings (SSSR count). The summed E-state index contributed by atoms with van der Waals surface area (Å²) in [5, 5.41) is 0.416. The largest absolute Gasteiger partial charge is 0.497 e. The Balaban J connectivity index is 1.65. The zero-order chi connectivity index (χ0) is 17.6. The van der Waals surface area contributed by atoms with Crippen molar-refractivity contribution in [3.8, 4) is 5.75 Å². The summed E-state index contributed by atoms with van der Waals surface area (Å²) < 4.78 is 5.20. The third kappa shape index (κ3) is 4.63. The van der Waals surface area contributed by atoms with Crippen molar-refractivity contribution in [3.05, 3.63) is 59.7 Å². The Morgan fingerprint density at radius 2 is 1.52 bits per heavy atom. The van der Waals surface area contributed by atoms with Crippen molar-refractivity contribution in [2.75, 3.05) is 25.1 Å². The molecule has 5 heteroatoms. The summed E-state index contributed by atoms with van der Waals surface area (Å²) in [6.07, 6.45) is 2.58. The molecule has 2 aromatic carbocycles. The molecule has 0 unspecified atom stereocenters. The van der Waals surface area contributed by atoms with Crippen LogP contribution in [0.25, 0.3) is 0 Å². The van der Waals surface area contributed by atoms with Gasteiger partial charge in [-0.25, -0.2) is 0 Å². The lowest BCUT2D eigenvalue weighted by atomic mass is 10.1. The van der Waals surface area contributed by atoms with Crippen LogP contribution in [-0.4, -0.2) is 30.2 Å². The summed E-state index contributed by atoms with van der Waals surface area (Å²) in [6.45, 7) is 3.72. The first-order valence-corrected chi connectivity index (χ1v) is 9.08. The quantitative estimate of drug-likeness (QED) is 0.803. The number of anilines is 1.